The van der Waals surface area contributed by atoms with Gasteiger partial charge in [-0.25, -0.2) is 9.78 Å². The Morgan fingerprint density at radius 2 is 2.19 bits per heavy atom. The Labute approximate surface area is 127 Å². The molecular weight excluding hydrogens is 342 g/mol. The Kier molecular flexibility index (Phi) is 4.18. The van der Waals surface area contributed by atoms with Crippen molar-refractivity contribution in [3.63, 3.8) is 0 Å². The van der Waals surface area contributed by atoms with Crippen molar-refractivity contribution in [1.82, 2.24) is 4.98 Å². The number of carboxylic acid groups (broad SMARTS) is 1. The van der Waals surface area contributed by atoms with Crippen LogP contribution in [0.4, 0.5) is 17.2 Å². The van der Waals surface area contributed by atoms with Crippen molar-refractivity contribution in [3.8, 4) is 0 Å². The van der Waals surface area contributed by atoms with E-state index in [0.29, 0.717) is 0 Å². The molecule has 0 fully saturated rings. The van der Waals surface area contributed by atoms with Gasteiger partial charge in [0.15, 0.2) is 0 Å². The van der Waals surface area contributed by atoms with Crippen LogP contribution >= 0.6 is 15.9 Å². The molecule has 0 aliphatic heterocycles. The fraction of sp³-hybridized carbons (Fsp3) is 0.0769. The molecule has 0 spiro atoms. The largest absolute Gasteiger partial charge is 0.477 e. The number of halogens is 1. The van der Waals surface area contributed by atoms with E-state index in [2.05, 4.69) is 26.2 Å². The topological polar surface area (TPSA) is 105 Å². The Balaban J connectivity index is 2.42. The van der Waals surface area contributed by atoms with Crippen LogP contribution in [-0.4, -0.2) is 21.0 Å². The highest BCUT2D eigenvalue weighted by atomic mass is 79.9. The van der Waals surface area contributed by atoms with Crippen LogP contribution in [0.3, 0.4) is 0 Å². The van der Waals surface area contributed by atoms with Gasteiger partial charge in [-0.05, 0) is 24.6 Å². The molecule has 1 aromatic heterocycles. The van der Waals surface area contributed by atoms with Crippen LogP contribution in [0, 0.1) is 17.0 Å². The van der Waals surface area contributed by atoms with Crippen LogP contribution in [0.2, 0.25) is 0 Å². The maximum Gasteiger partial charge on any atom is 0.342 e. The third kappa shape index (κ3) is 3.16. The highest BCUT2D eigenvalue weighted by Gasteiger charge is 2.21. The van der Waals surface area contributed by atoms with E-state index < -0.39 is 22.1 Å². The minimum absolute atomic E-state index is 0.221. The summed E-state index contributed by atoms with van der Waals surface area (Å²) >= 11 is 3.38. The number of hydrogen-bond acceptors (Lipinski definition) is 5. The molecule has 21 heavy (non-hydrogen) atoms. The normalized spacial score (nSPS) is 10.2. The van der Waals surface area contributed by atoms with E-state index in [9.17, 15) is 14.9 Å². The van der Waals surface area contributed by atoms with Crippen LogP contribution in [0.1, 0.15) is 15.9 Å². The van der Waals surface area contributed by atoms with Crippen LogP contribution in [-0.2, 0) is 0 Å². The molecule has 108 valence electrons. The molecule has 0 aliphatic rings. The Bertz CT molecular complexity index is 733. The van der Waals surface area contributed by atoms with Crippen molar-refractivity contribution in [2.75, 3.05) is 5.32 Å². The van der Waals surface area contributed by atoms with Crippen LogP contribution < -0.4 is 5.32 Å². The van der Waals surface area contributed by atoms with Gasteiger partial charge in [0.1, 0.15) is 17.6 Å². The molecule has 7 nitrogen and oxygen atoms in total. The summed E-state index contributed by atoms with van der Waals surface area (Å²) in [6.45, 7) is 1.87. The van der Waals surface area contributed by atoms with Crippen LogP contribution in [0.15, 0.2) is 34.9 Å². The van der Waals surface area contributed by atoms with Gasteiger partial charge >= 0.3 is 11.7 Å². The molecule has 8 heteroatoms. The minimum Gasteiger partial charge on any atom is -0.477 e. The third-order valence-corrected chi connectivity index (χ3v) is 3.70. The molecule has 1 heterocycles. The number of nitrogens with one attached hydrogen (secondary N) is 1. The number of rotatable bonds is 4. The number of aromatic carboxylic acids is 1. The van der Waals surface area contributed by atoms with E-state index in [1.165, 1.54) is 0 Å². The van der Waals surface area contributed by atoms with Gasteiger partial charge in [0, 0.05) is 16.2 Å². The predicted octanol–water partition coefficient (Wildman–Crippen LogP) is 3.50. The first kappa shape index (κ1) is 14.9. The van der Waals surface area contributed by atoms with Gasteiger partial charge in [-0.15, -0.1) is 0 Å². The van der Waals surface area contributed by atoms with E-state index in [1.807, 2.05) is 19.1 Å². The number of carboxylic acids is 1. The Morgan fingerprint density at radius 1 is 1.48 bits per heavy atom. The van der Waals surface area contributed by atoms with Crippen molar-refractivity contribution < 1.29 is 14.8 Å². The first-order valence-corrected chi connectivity index (χ1v) is 6.59. The van der Waals surface area contributed by atoms with Gasteiger partial charge in [-0.3, -0.25) is 10.1 Å². The third-order valence-electron chi connectivity index (χ3n) is 2.84. The second kappa shape index (κ2) is 5.88. The fourth-order valence-electron chi connectivity index (χ4n) is 1.71. The SMILES string of the molecule is Cc1c(Br)cccc1Nc1cc(C(=O)O)c([N+](=O)[O-])cn1. The maximum absolute atomic E-state index is 11.1. The minimum atomic E-state index is -1.38. The summed E-state index contributed by atoms with van der Waals surface area (Å²) in [6.07, 6.45) is 0.930. The lowest BCUT2D eigenvalue weighted by atomic mass is 10.2. The summed E-state index contributed by atoms with van der Waals surface area (Å²) in [6, 6.07) is 6.61. The zero-order chi connectivity index (χ0) is 15.6. The van der Waals surface area contributed by atoms with Crippen molar-refractivity contribution >= 4 is 39.1 Å². The lowest BCUT2D eigenvalue weighted by molar-refractivity contribution is -0.385. The summed E-state index contributed by atoms with van der Waals surface area (Å²) < 4.78 is 0.882. The summed E-state index contributed by atoms with van der Waals surface area (Å²) in [5.74, 6) is -1.16. The lowest BCUT2D eigenvalue weighted by Gasteiger charge is -2.10. The first-order chi connectivity index (χ1) is 9.90. The number of nitro groups is 1. The molecule has 2 N–H and O–H groups in total. The second-order valence-electron chi connectivity index (χ2n) is 4.19. The Hall–Kier alpha value is -2.48. The number of carbonyl (C=O) groups is 1. The van der Waals surface area contributed by atoms with Gasteiger partial charge in [0.2, 0.25) is 0 Å². The average molecular weight is 352 g/mol. The average Bonchev–Trinajstić information content (AvgIpc) is 2.43. The quantitative estimate of drug-likeness (QED) is 0.644. The lowest BCUT2D eigenvalue weighted by Crippen LogP contribution is -2.05. The number of hydrogen-bond donors (Lipinski definition) is 2. The molecule has 2 aromatic rings. The van der Waals surface area contributed by atoms with E-state index in [0.717, 1.165) is 28.0 Å². The van der Waals surface area contributed by atoms with Gasteiger partial charge in [0.25, 0.3) is 0 Å². The number of aromatic nitrogens is 1. The van der Waals surface area contributed by atoms with Crippen molar-refractivity contribution in [1.29, 1.82) is 0 Å². The smallest absolute Gasteiger partial charge is 0.342 e. The maximum atomic E-state index is 11.1. The van der Waals surface area contributed by atoms with Crippen LogP contribution in [0.5, 0.6) is 0 Å². The van der Waals surface area contributed by atoms with Crippen molar-refractivity contribution in [2.24, 2.45) is 0 Å². The zero-order valence-electron chi connectivity index (χ0n) is 10.8. The summed E-state index contributed by atoms with van der Waals surface area (Å²) in [7, 11) is 0. The molecule has 0 saturated carbocycles. The highest BCUT2D eigenvalue weighted by molar-refractivity contribution is 9.10. The van der Waals surface area contributed by atoms with Gasteiger partial charge in [-0.1, -0.05) is 22.0 Å². The second-order valence-corrected chi connectivity index (χ2v) is 5.04. The highest BCUT2D eigenvalue weighted by Crippen LogP contribution is 2.27. The molecule has 0 amide bonds. The molecule has 0 aliphatic carbocycles. The molecule has 0 bridgehead atoms. The number of benzene rings is 1. The molecule has 0 saturated heterocycles. The van der Waals surface area contributed by atoms with Crippen molar-refractivity contribution in [2.45, 2.75) is 6.92 Å². The monoisotopic (exact) mass is 351 g/mol. The number of anilines is 2. The number of pyridine rings is 1. The van der Waals surface area contributed by atoms with Crippen LogP contribution in [0.25, 0.3) is 0 Å². The molecule has 1 aromatic carbocycles. The molecule has 0 atom stereocenters. The predicted molar refractivity (Wildman–Crippen MR) is 80.0 cm³/mol. The zero-order valence-corrected chi connectivity index (χ0v) is 12.4. The number of nitrogens with zero attached hydrogens (tertiary/aromatic N) is 2. The van der Waals surface area contributed by atoms with Gasteiger partial charge in [0.05, 0.1) is 4.92 Å². The first-order valence-electron chi connectivity index (χ1n) is 5.80. The summed E-state index contributed by atoms with van der Waals surface area (Å²) in [5, 5.41) is 22.8. The molecular formula is C13H10BrN3O4. The van der Waals surface area contributed by atoms with Gasteiger partial charge < -0.3 is 10.4 Å². The van der Waals surface area contributed by atoms with E-state index in [-0.39, 0.29) is 5.82 Å². The molecule has 0 unspecified atom stereocenters. The molecule has 0 radical (unpaired) electrons. The van der Waals surface area contributed by atoms with E-state index >= 15 is 0 Å². The Morgan fingerprint density at radius 3 is 2.81 bits per heavy atom. The fourth-order valence-corrected chi connectivity index (χ4v) is 2.08. The van der Waals surface area contributed by atoms with E-state index in [4.69, 9.17) is 5.11 Å². The van der Waals surface area contributed by atoms with Crippen molar-refractivity contribution in [3.05, 3.63) is 56.2 Å². The molecule has 2 rings (SSSR count). The summed E-state index contributed by atoms with van der Waals surface area (Å²) in [4.78, 5) is 25.0. The standard InChI is InChI=1S/C13H10BrN3O4/c1-7-9(14)3-2-4-10(7)16-12-5-8(13(18)19)11(6-15-12)17(20)21/h2-6H,1H3,(H,15,16)(H,18,19). The van der Waals surface area contributed by atoms with Gasteiger partial charge in [-0.2, -0.15) is 0 Å². The summed E-state index contributed by atoms with van der Waals surface area (Å²) in [5.41, 5.74) is 0.681. The van der Waals surface area contributed by atoms with E-state index in [1.54, 1.807) is 6.07 Å².